The molecule has 148 valence electrons. The number of nitrogens with zero attached hydrogens (tertiary/aromatic N) is 4. The minimum absolute atomic E-state index is 0.0222. The summed E-state index contributed by atoms with van der Waals surface area (Å²) in [6, 6.07) is 0.0446. The van der Waals surface area contributed by atoms with Crippen molar-refractivity contribution >= 4 is 17.0 Å². The fourth-order valence-corrected chi connectivity index (χ4v) is 3.02. The summed E-state index contributed by atoms with van der Waals surface area (Å²) in [5.41, 5.74) is 0.0285. The monoisotopic (exact) mass is 391 g/mol. The number of ether oxygens (including phenoxy) is 1. The summed E-state index contributed by atoms with van der Waals surface area (Å²) in [6.45, 7) is -0.791. The van der Waals surface area contributed by atoms with Crippen LogP contribution < -0.4 is 5.32 Å². The molecule has 2 aliphatic rings. The average Bonchev–Trinajstić information content (AvgIpc) is 3.28. The normalized spacial score (nSPS) is 28.8. The highest BCUT2D eigenvalue weighted by atomic mass is 19.4. The number of alkyl halides is 4. The summed E-state index contributed by atoms with van der Waals surface area (Å²) in [5, 5.41) is 21.7. The highest BCUT2D eigenvalue weighted by Gasteiger charge is 2.44. The Labute approximate surface area is 150 Å². The molecule has 3 heterocycles. The minimum atomic E-state index is -4.76. The molecule has 1 saturated carbocycles. The van der Waals surface area contributed by atoms with E-state index in [0.29, 0.717) is 0 Å². The van der Waals surface area contributed by atoms with Gasteiger partial charge in [-0.05, 0) is 12.8 Å². The van der Waals surface area contributed by atoms with Gasteiger partial charge in [-0.15, -0.1) is 0 Å². The van der Waals surface area contributed by atoms with Crippen LogP contribution in [0.25, 0.3) is 11.2 Å². The zero-order valence-electron chi connectivity index (χ0n) is 13.9. The SMILES string of the molecule is OC[C@H]1O[C@@H](Cn2cnc3c(NC4CC4)nc(C(F)(F)F)nc32)[C@@H](F)[C@@H]1O. The number of aliphatic hydroxyl groups excluding tert-OH is 2. The van der Waals surface area contributed by atoms with Crippen LogP contribution in [0.1, 0.15) is 18.7 Å². The lowest BCUT2D eigenvalue weighted by Crippen LogP contribution is -2.31. The molecule has 2 aromatic rings. The molecule has 1 aliphatic carbocycles. The van der Waals surface area contributed by atoms with Crippen LogP contribution in [-0.2, 0) is 17.5 Å². The van der Waals surface area contributed by atoms with Gasteiger partial charge in [0.15, 0.2) is 17.6 Å². The van der Waals surface area contributed by atoms with E-state index >= 15 is 0 Å². The molecule has 3 N–H and O–H groups in total. The summed E-state index contributed by atoms with van der Waals surface area (Å²) in [5.74, 6) is -1.34. The van der Waals surface area contributed by atoms with Crippen LogP contribution in [0.15, 0.2) is 6.33 Å². The van der Waals surface area contributed by atoms with Crippen molar-refractivity contribution < 1.29 is 32.5 Å². The molecule has 0 radical (unpaired) electrons. The van der Waals surface area contributed by atoms with E-state index in [9.17, 15) is 22.7 Å². The van der Waals surface area contributed by atoms with Gasteiger partial charge in [0.25, 0.3) is 0 Å². The molecule has 1 aliphatic heterocycles. The number of hydrogen-bond acceptors (Lipinski definition) is 7. The predicted molar refractivity (Wildman–Crippen MR) is 83.6 cm³/mol. The molecular weight excluding hydrogens is 374 g/mol. The van der Waals surface area contributed by atoms with Crippen molar-refractivity contribution in [1.29, 1.82) is 0 Å². The van der Waals surface area contributed by atoms with E-state index in [1.165, 1.54) is 10.9 Å². The Bertz CT molecular complexity index is 841. The molecule has 8 nitrogen and oxygen atoms in total. The molecule has 0 aromatic carbocycles. The lowest BCUT2D eigenvalue weighted by molar-refractivity contribution is -0.144. The van der Waals surface area contributed by atoms with E-state index in [2.05, 4.69) is 20.3 Å². The number of halogens is 4. The lowest BCUT2D eigenvalue weighted by atomic mass is 10.1. The van der Waals surface area contributed by atoms with Crippen molar-refractivity contribution in [1.82, 2.24) is 19.5 Å². The third-order valence-corrected chi connectivity index (χ3v) is 4.60. The molecule has 0 bridgehead atoms. The molecule has 2 aromatic heterocycles. The van der Waals surface area contributed by atoms with Crippen LogP contribution in [0.5, 0.6) is 0 Å². The third-order valence-electron chi connectivity index (χ3n) is 4.60. The standard InChI is InChI=1S/C15H17F4N5O3/c16-9-7(27-8(4-25)11(9)26)3-24-5-20-10-12(21-6-1-2-6)22-14(15(17,18)19)23-13(10)24/h5-9,11,25-26H,1-4H2,(H,21,22,23)/t7-,8+,9+,11+/m0/s1. The maximum absolute atomic E-state index is 14.2. The number of rotatable bonds is 5. The quantitative estimate of drug-likeness (QED) is 0.650. The molecule has 2 fully saturated rings. The van der Waals surface area contributed by atoms with Crippen LogP contribution in [0.2, 0.25) is 0 Å². The number of fused-ring (bicyclic) bond motifs is 1. The zero-order valence-corrected chi connectivity index (χ0v) is 13.9. The summed E-state index contributed by atoms with van der Waals surface area (Å²) in [6.07, 6.45) is -7.43. The van der Waals surface area contributed by atoms with E-state index < -0.39 is 43.1 Å². The minimum Gasteiger partial charge on any atom is -0.394 e. The Morgan fingerprint density at radius 1 is 1.26 bits per heavy atom. The molecule has 0 amide bonds. The van der Waals surface area contributed by atoms with Gasteiger partial charge in [0.05, 0.1) is 19.5 Å². The van der Waals surface area contributed by atoms with E-state index in [0.717, 1.165) is 12.8 Å². The molecular formula is C15H17F4N5O3. The Morgan fingerprint density at radius 2 is 2.00 bits per heavy atom. The highest BCUT2D eigenvalue weighted by molar-refractivity contribution is 5.83. The Morgan fingerprint density at radius 3 is 2.59 bits per heavy atom. The second-order valence-corrected chi connectivity index (χ2v) is 6.71. The second-order valence-electron chi connectivity index (χ2n) is 6.71. The fraction of sp³-hybridized carbons (Fsp3) is 0.667. The molecule has 0 unspecified atom stereocenters. The number of imidazole rings is 1. The van der Waals surface area contributed by atoms with Gasteiger partial charge in [-0.3, -0.25) is 0 Å². The number of aliphatic hydroxyl groups is 2. The molecule has 1 saturated heterocycles. The molecule has 0 spiro atoms. The summed E-state index contributed by atoms with van der Waals surface area (Å²) < 4.78 is 60.2. The highest BCUT2D eigenvalue weighted by Crippen LogP contribution is 2.33. The average molecular weight is 391 g/mol. The second kappa shape index (κ2) is 6.53. The molecule has 4 rings (SSSR count). The first-order valence-electron chi connectivity index (χ1n) is 8.43. The van der Waals surface area contributed by atoms with E-state index in [4.69, 9.17) is 9.84 Å². The summed E-state index contributed by atoms with van der Waals surface area (Å²) in [4.78, 5) is 11.2. The number of anilines is 1. The van der Waals surface area contributed by atoms with Crippen LogP contribution in [0, 0.1) is 0 Å². The third kappa shape index (κ3) is 3.44. The van der Waals surface area contributed by atoms with Gasteiger partial charge >= 0.3 is 6.18 Å². The fourth-order valence-electron chi connectivity index (χ4n) is 3.02. The van der Waals surface area contributed by atoms with Gasteiger partial charge in [0, 0.05) is 6.04 Å². The van der Waals surface area contributed by atoms with Gasteiger partial charge in [0.2, 0.25) is 5.82 Å². The number of nitrogens with one attached hydrogen (secondary N) is 1. The number of hydrogen-bond donors (Lipinski definition) is 3. The Balaban J connectivity index is 1.69. The zero-order chi connectivity index (χ0) is 19.3. The Kier molecular flexibility index (Phi) is 4.43. The smallest absolute Gasteiger partial charge is 0.394 e. The van der Waals surface area contributed by atoms with Crippen molar-refractivity contribution in [3.8, 4) is 0 Å². The van der Waals surface area contributed by atoms with Gasteiger partial charge in [-0.25, -0.2) is 19.3 Å². The largest absolute Gasteiger partial charge is 0.451 e. The van der Waals surface area contributed by atoms with E-state index in [-0.39, 0.29) is 29.6 Å². The summed E-state index contributed by atoms with van der Waals surface area (Å²) in [7, 11) is 0. The van der Waals surface area contributed by atoms with Crippen LogP contribution in [0.4, 0.5) is 23.4 Å². The molecule has 27 heavy (non-hydrogen) atoms. The van der Waals surface area contributed by atoms with E-state index in [1.807, 2.05) is 0 Å². The first kappa shape index (κ1) is 18.3. The maximum Gasteiger partial charge on any atom is 0.451 e. The van der Waals surface area contributed by atoms with Crippen molar-refractivity contribution in [2.75, 3.05) is 11.9 Å². The predicted octanol–water partition coefficient (Wildman–Crippen LogP) is 0.878. The van der Waals surface area contributed by atoms with Gasteiger partial charge in [-0.1, -0.05) is 0 Å². The van der Waals surface area contributed by atoms with Crippen LogP contribution in [-0.4, -0.2) is 66.9 Å². The topological polar surface area (TPSA) is 105 Å². The van der Waals surface area contributed by atoms with Crippen molar-refractivity contribution in [3.05, 3.63) is 12.2 Å². The van der Waals surface area contributed by atoms with Gasteiger partial charge in [0.1, 0.15) is 23.8 Å². The van der Waals surface area contributed by atoms with Crippen LogP contribution >= 0.6 is 0 Å². The van der Waals surface area contributed by atoms with Crippen molar-refractivity contribution in [2.24, 2.45) is 0 Å². The Hall–Kier alpha value is -2.05. The summed E-state index contributed by atoms with van der Waals surface area (Å²) >= 11 is 0. The molecule has 12 heteroatoms. The van der Waals surface area contributed by atoms with Crippen molar-refractivity contribution in [3.63, 3.8) is 0 Å². The van der Waals surface area contributed by atoms with Crippen molar-refractivity contribution in [2.45, 2.75) is 56.1 Å². The first-order valence-corrected chi connectivity index (χ1v) is 8.43. The van der Waals surface area contributed by atoms with Gasteiger partial charge < -0.3 is 24.8 Å². The van der Waals surface area contributed by atoms with E-state index in [1.54, 1.807) is 0 Å². The van der Waals surface area contributed by atoms with Gasteiger partial charge in [-0.2, -0.15) is 13.2 Å². The number of aromatic nitrogens is 4. The molecule has 4 atom stereocenters. The first-order chi connectivity index (χ1) is 12.8. The van der Waals surface area contributed by atoms with Crippen LogP contribution in [0.3, 0.4) is 0 Å². The maximum atomic E-state index is 14.2. The lowest BCUT2D eigenvalue weighted by Gasteiger charge is -2.15.